The molecule has 1 fully saturated rings. The summed E-state index contributed by atoms with van der Waals surface area (Å²) in [6, 6.07) is 16.9. The summed E-state index contributed by atoms with van der Waals surface area (Å²) in [6.07, 6.45) is 3.00. The summed E-state index contributed by atoms with van der Waals surface area (Å²) in [6.45, 7) is 2.93. The topological polar surface area (TPSA) is 69.7 Å². The van der Waals surface area contributed by atoms with Gasteiger partial charge in [-0.3, -0.25) is 14.5 Å². The number of carbonyl (C=O) groups excluding carboxylic acids is 3. The fourth-order valence-corrected chi connectivity index (χ4v) is 4.39. The maximum absolute atomic E-state index is 13.4. The molecule has 0 radical (unpaired) electrons. The van der Waals surface area contributed by atoms with Crippen LogP contribution in [0.25, 0.3) is 0 Å². The van der Waals surface area contributed by atoms with Crippen LogP contribution in [0.4, 0.5) is 4.79 Å². The summed E-state index contributed by atoms with van der Waals surface area (Å²) >= 11 is 0. The summed E-state index contributed by atoms with van der Waals surface area (Å²) in [7, 11) is 0. The predicted molar refractivity (Wildman–Crippen MR) is 113 cm³/mol. The molecule has 2 aromatic carbocycles. The van der Waals surface area contributed by atoms with E-state index in [2.05, 4.69) is 18.3 Å². The van der Waals surface area contributed by atoms with Crippen molar-refractivity contribution < 1.29 is 14.4 Å². The second kappa shape index (κ2) is 8.30. The van der Waals surface area contributed by atoms with Gasteiger partial charge in [-0.15, -0.1) is 0 Å². The third kappa shape index (κ3) is 3.58. The van der Waals surface area contributed by atoms with Crippen molar-refractivity contribution in [2.24, 2.45) is 0 Å². The molecule has 4 amide bonds. The maximum Gasteiger partial charge on any atom is 0.325 e. The van der Waals surface area contributed by atoms with Crippen LogP contribution in [-0.2, 0) is 28.1 Å². The van der Waals surface area contributed by atoms with Gasteiger partial charge in [-0.2, -0.15) is 0 Å². The SMILES string of the molecule is CCCC[C@]1(c2ccccc2)NC(=O)N(CC(=O)N2CCc3ccccc3C2)C1=O. The fraction of sp³-hybridized carbons (Fsp3) is 0.375. The molecule has 6 heteroatoms. The van der Waals surface area contributed by atoms with E-state index in [1.54, 1.807) is 4.90 Å². The first kappa shape index (κ1) is 20.1. The lowest BCUT2D eigenvalue weighted by Gasteiger charge is -2.30. The second-order valence-electron chi connectivity index (χ2n) is 8.03. The number of nitrogens with one attached hydrogen (secondary N) is 1. The molecule has 30 heavy (non-hydrogen) atoms. The highest BCUT2D eigenvalue weighted by Crippen LogP contribution is 2.34. The number of unbranched alkanes of at least 4 members (excludes halogenated alkanes) is 1. The molecule has 2 aliphatic heterocycles. The van der Waals surface area contributed by atoms with Gasteiger partial charge in [-0.1, -0.05) is 74.4 Å². The van der Waals surface area contributed by atoms with Crippen LogP contribution in [0, 0.1) is 0 Å². The first-order valence-electron chi connectivity index (χ1n) is 10.6. The monoisotopic (exact) mass is 405 g/mol. The van der Waals surface area contributed by atoms with Crippen LogP contribution in [0.1, 0.15) is 42.9 Å². The van der Waals surface area contributed by atoms with Crippen LogP contribution in [0.5, 0.6) is 0 Å². The minimum Gasteiger partial charge on any atom is -0.336 e. The van der Waals surface area contributed by atoms with Crippen LogP contribution >= 0.6 is 0 Å². The van der Waals surface area contributed by atoms with Crippen molar-refractivity contribution >= 4 is 17.8 Å². The standard InChI is InChI=1S/C24H27N3O3/c1-2-3-14-24(20-11-5-4-6-12-20)22(29)27(23(30)25-24)17-21(28)26-15-13-18-9-7-8-10-19(18)16-26/h4-12H,2-3,13-17H2,1H3,(H,25,30)/t24-/m1/s1. The Bertz CT molecular complexity index is 959. The lowest BCUT2D eigenvalue weighted by molar-refractivity contribution is -0.139. The molecule has 0 spiro atoms. The van der Waals surface area contributed by atoms with Crippen molar-refractivity contribution in [2.45, 2.75) is 44.7 Å². The van der Waals surface area contributed by atoms with Crippen LogP contribution in [0.3, 0.4) is 0 Å². The van der Waals surface area contributed by atoms with E-state index in [9.17, 15) is 14.4 Å². The summed E-state index contributed by atoms with van der Waals surface area (Å²) in [5.74, 6) is -0.537. The lowest BCUT2D eigenvalue weighted by Crippen LogP contribution is -2.46. The number of imide groups is 1. The van der Waals surface area contributed by atoms with Gasteiger partial charge in [0.15, 0.2) is 0 Å². The number of benzene rings is 2. The van der Waals surface area contributed by atoms with Gasteiger partial charge >= 0.3 is 6.03 Å². The van der Waals surface area contributed by atoms with Crippen LogP contribution in [0.2, 0.25) is 0 Å². The quantitative estimate of drug-likeness (QED) is 0.751. The van der Waals surface area contributed by atoms with E-state index < -0.39 is 11.6 Å². The molecule has 0 aliphatic carbocycles. The molecule has 6 nitrogen and oxygen atoms in total. The van der Waals surface area contributed by atoms with E-state index in [1.807, 2.05) is 48.5 Å². The molecule has 2 aromatic rings. The maximum atomic E-state index is 13.4. The number of nitrogens with zero attached hydrogens (tertiary/aromatic N) is 2. The molecule has 1 N–H and O–H groups in total. The van der Waals surface area contributed by atoms with Gasteiger partial charge in [0, 0.05) is 13.1 Å². The van der Waals surface area contributed by atoms with Crippen LogP contribution in [0.15, 0.2) is 54.6 Å². The van der Waals surface area contributed by atoms with E-state index in [4.69, 9.17) is 0 Å². The van der Waals surface area contributed by atoms with Crippen molar-refractivity contribution in [3.05, 3.63) is 71.3 Å². The molecular weight excluding hydrogens is 378 g/mol. The molecule has 1 atom stereocenters. The first-order chi connectivity index (χ1) is 14.5. The lowest BCUT2D eigenvalue weighted by atomic mass is 9.85. The molecule has 156 valence electrons. The van der Waals surface area contributed by atoms with E-state index >= 15 is 0 Å². The van der Waals surface area contributed by atoms with Crippen molar-refractivity contribution in [3.63, 3.8) is 0 Å². The van der Waals surface area contributed by atoms with Gasteiger partial charge in [0.25, 0.3) is 5.91 Å². The Balaban J connectivity index is 1.53. The van der Waals surface area contributed by atoms with Gasteiger partial charge in [0.1, 0.15) is 12.1 Å². The molecule has 2 heterocycles. The highest BCUT2D eigenvalue weighted by molar-refractivity contribution is 6.09. The highest BCUT2D eigenvalue weighted by atomic mass is 16.2. The van der Waals surface area contributed by atoms with Gasteiger partial charge in [0.2, 0.25) is 5.91 Å². The zero-order valence-electron chi connectivity index (χ0n) is 17.3. The number of rotatable bonds is 6. The number of carbonyl (C=O) groups is 3. The highest BCUT2D eigenvalue weighted by Gasteiger charge is 2.52. The Kier molecular flexibility index (Phi) is 5.57. The van der Waals surface area contributed by atoms with Crippen LogP contribution < -0.4 is 5.32 Å². The van der Waals surface area contributed by atoms with Crippen molar-refractivity contribution in [2.75, 3.05) is 13.1 Å². The summed E-state index contributed by atoms with van der Waals surface area (Å²) in [5, 5.41) is 2.91. The molecule has 0 saturated carbocycles. The molecule has 0 aromatic heterocycles. The summed E-state index contributed by atoms with van der Waals surface area (Å²) in [5.41, 5.74) is 2.04. The molecular formula is C24H27N3O3. The normalized spacial score (nSPS) is 20.8. The number of fused-ring (bicyclic) bond motifs is 1. The zero-order valence-corrected chi connectivity index (χ0v) is 17.3. The number of urea groups is 1. The Morgan fingerprint density at radius 3 is 2.47 bits per heavy atom. The molecule has 2 aliphatic rings. The number of hydrogen-bond donors (Lipinski definition) is 1. The van der Waals surface area contributed by atoms with Gasteiger partial charge < -0.3 is 10.2 Å². The minimum absolute atomic E-state index is 0.202. The largest absolute Gasteiger partial charge is 0.336 e. The van der Waals surface area contributed by atoms with Crippen LogP contribution in [-0.4, -0.2) is 40.7 Å². The van der Waals surface area contributed by atoms with E-state index in [0.29, 0.717) is 19.5 Å². The Hall–Kier alpha value is -3.15. The average Bonchev–Trinajstić information content (AvgIpc) is 3.03. The molecule has 0 bridgehead atoms. The molecule has 0 unspecified atom stereocenters. The second-order valence-corrected chi connectivity index (χ2v) is 8.03. The van der Waals surface area contributed by atoms with E-state index in [-0.39, 0.29) is 18.4 Å². The minimum atomic E-state index is -1.09. The average molecular weight is 405 g/mol. The van der Waals surface area contributed by atoms with E-state index in [1.165, 1.54) is 5.56 Å². The molecule has 1 saturated heterocycles. The number of hydrogen-bond acceptors (Lipinski definition) is 3. The Labute approximate surface area is 176 Å². The van der Waals surface area contributed by atoms with Crippen molar-refractivity contribution in [1.29, 1.82) is 0 Å². The van der Waals surface area contributed by atoms with Crippen molar-refractivity contribution in [1.82, 2.24) is 15.1 Å². The predicted octanol–water partition coefficient (Wildman–Crippen LogP) is 3.21. The third-order valence-corrected chi connectivity index (χ3v) is 6.12. The number of amides is 4. The van der Waals surface area contributed by atoms with Gasteiger partial charge in [-0.25, -0.2) is 4.79 Å². The smallest absolute Gasteiger partial charge is 0.325 e. The summed E-state index contributed by atoms with van der Waals surface area (Å²) in [4.78, 5) is 42.0. The zero-order chi connectivity index (χ0) is 21.1. The van der Waals surface area contributed by atoms with E-state index in [0.717, 1.165) is 35.3 Å². The van der Waals surface area contributed by atoms with Gasteiger partial charge in [-0.05, 0) is 29.5 Å². The third-order valence-electron chi connectivity index (χ3n) is 6.12. The Morgan fingerprint density at radius 1 is 1.03 bits per heavy atom. The fourth-order valence-electron chi connectivity index (χ4n) is 4.39. The Morgan fingerprint density at radius 2 is 1.73 bits per heavy atom. The van der Waals surface area contributed by atoms with Crippen molar-refractivity contribution in [3.8, 4) is 0 Å². The summed E-state index contributed by atoms with van der Waals surface area (Å²) < 4.78 is 0. The van der Waals surface area contributed by atoms with Gasteiger partial charge in [0.05, 0.1) is 0 Å². The first-order valence-corrected chi connectivity index (χ1v) is 10.6. The molecule has 4 rings (SSSR count).